The molecule has 1 aliphatic rings. The Bertz CT molecular complexity index is 569. The van der Waals surface area contributed by atoms with Gasteiger partial charge in [0.05, 0.1) is 13.2 Å². The molecule has 0 aromatic heterocycles. The fraction of sp³-hybridized carbons (Fsp3) is 0.375. The molecule has 0 saturated carbocycles. The smallest absolute Gasteiger partial charge is 0.277 e. The molecule has 1 aromatic carbocycles. The number of unbranched alkanes of at least 4 members (excludes halogenated alkanes) is 1. The summed E-state index contributed by atoms with van der Waals surface area (Å²) in [5.74, 6) is 0.297. The van der Waals surface area contributed by atoms with Crippen molar-refractivity contribution in [3.8, 4) is 0 Å². The molecule has 6 heteroatoms. The highest BCUT2D eigenvalue weighted by molar-refractivity contribution is 7.99. The summed E-state index contributed by atoms with van der Waals surface area (Å²) in [6, 6.07) is 7.77. The second-order valence-corrected chi connectivity index (χ2v) is 6.10. The van der Waals surface area contributed by atoms with Crippen molar-refractivity contribution in [1.82, 2.24) is 4.90 Å². The van der Waals surface area contributed by atoms with Gasteiger partial charge in [-0.25, -0.2) is 0 Å². The van der Waals surface area contributed by atoms with E-state index in [9.17, 15) is 9.59 Å². The molecule has 22 heavy (non-hydrogen) atoms. The average Bonchev–Trinajstić information content (AvgIpc) is 2.77. The fourth-order valence-corrected chi connectivity index (χ4v) is 3.03. The fourth-order valence-electron chi connectivity index (χ4n) is 2.03. The quantitative estimate of drug-likeness (QED) is 0.437. The van der Waals surface area contributed by atoms with E-state index in [1.54, 1.807) is 11.8 Å². The lowest BCUT2D eigenvalue weighted by atomic mass is 10.3. The van der Waals surface area contributed by atoms with Crippen molar-refractivity contribution >= 4 is 29.3 Å². The lowest BCUT2D eigenvalue weighted by Crippen LogP contribution is -2.34. The zero-order valence-electron chi connectivity index (χ0n) is 12.5. The number of anilines is 1. The molecule has 0 fully saturated rings. The maximum Gasteiger partial charge on any atom is 0.277 e. The van der Waals surface area contributed by atoms with Crippen LogP contribution >= 0.6 is 11.8 Å². The molecule has 118 valence electrons. The van der Waals surface area contributed by atoms with Gasteiger partial charge in [-0.3, -0.25) is 14.5 Å². The number of hydrogen-bond acceptors (Lipinski definition) is 5. The van der Waals surface area contributed by atoms with Gasteiger partial charge in [0, 0.05) is 16.7 Å². The summed E-state index contributed by atoms with van der Waals surface area (Å²) in [5.41, 5.74) is 1.00. The van der Waals surface area contributed by atoms with E-state index in [-0.39, 0.29) is 18.8 Å². The van der Waals surface area contributed by atoms with Gasteiger partial charge in [0.15, 0.2) is 0 Å². The number of rotatable bonds is 8. The van der Waals surface area contributed by atoms with Crippen LogP contribution in [0.4, 0.5) is 5.69 Å². The molecule has 2 amide bonds. The third kappa shape index (κ3) is 4.11. The number of aliphatic hydroxyl groups is 1. The number of β-amino-alcohol motifs (C(OH)–C–C–N with tert-alkyl or cyclic N) is 1. The first-order valence-electron chi connectivity index (χ1n) is 7.34. The number of nitrogens with one attached hydrogen (secondary N) is 1. The molecule has 0 atom stereocenters. The summed E-state index contributed by atoms with van der Waals surface area (Å²) in [7, 11) is 0. The van der Waals surface area contributed by atoms with Crippen molar-refractivity contribution < 1.29 is 14.7 Å². The normalized spacial score (nSPS) is 14.5. The van der Waals surface area contributed by atoms with Gasteiger partial charge in [-0.15, -0.1) is 11.8 Å². The van der Waals surface area contributed by atoms with Gasteiger partial charge >= 0.3 is 0 Å². The van der Waals surface area contributed by atoms with Gasteiger partial charge in [0.25, 0.3) is 11.8 Å². The van der Waals surface area contributed by atoms with Crippen molar-refractivity contribution in [3.63, 3.8) is 0 Å². The number of hydrogen-bond donors (Lipinski definition) is 2. The Labute approximate surface area is 134 Å². The molecule has 0 saturated heterocycles. The number of aliphatic hydroxyl groups excluding tert-OH is 1. The van der Waals surface area contributed by atoms with Crippen molar-refractivity contribution in [1.29, 1.82) is 0 Å². The maximum absolute atomic E-state index is 12.0. The molecule has 0 bridgehead atoms. The van der Waals surface area contributed by atoms with Crippen LogP contribution < -0.4 is 5.32 Å². The summed E-state index contributed by atoms with van der Waals surface area (Å²) in [5, 5.41) is 11.8. The van der Waals surface area contributed by atoms with Gasteiger partial charge in [0.2, 0.25) is 0 Å². The number of thioether (sulfide) groups is 1. The molecule has 1 aromatic rings. The predicted molar refractivity (Wildman–Crippen MR) is 87.6 cm³/mol. The third-order valence-corrected chi connectivity index (χ3v) is 4.33. The zero-order valence-corrected chi connectivity index (χ0v) is 13.4. The highest BCUT2D eigenvalue weighted by Crippen LogP contribution is 2.23. The SMILES string of the molecule is CCCCSc1ccc(NC2=CC(=O)N(CCO)C2=O)cc1. The van der Waals surface area contributed by atoms with E-state index in [1.165, 1.54) is 23.8 Å². The molecule has 1 aliphatic heterocycles. The van der Waals surface area contributed by atoms with Crippen LogP contribution in [-0.4, -0.2) is 40.7 Å². The number of nitrogens with zero attached hydrogens (tertiary/aromatic N) is 1. The molecule has 0 unspecified atom stereocenters. The Morgan fingerprint density at radius 3 is 2.59 bits per heavy atom. The van der Waals surface area contributed by atoms with Crippen molar-refractivity contribution in [2.24, 2.45) is 0 Å². The van der Waals surface area contributed by atoms with Crippen LogP contribution in [0.25, 0.3) is 0 Å². The van der Waals surface area contributed by atoms with Crippen LogP contribution in [0, 0.1) is 0 Å². The zero-order chi connectivity index (χ0) is 15.9. The Hall–Kier alpha value is -1.79. The van der Waals surface area contributed by atoms with E-state index < -0.39 is 11.8 Å². The highest BCUT2D eigenvalue weighted by atomic mass is 32.2. The third-order valence-electron chi connectivity index (χ3n) is 3.23. The molecular weight excluding hydrogens is 300 g/mol. The van der Waals surface area contributed by atoms with Crippen LogP contribution in [0.3, 0.4) is 0 Å². The van der Waals surface area contributed by atoms with E-state index in [4.69, 9.17) is 5.11 Å². The van der Waals surface area contributed by atoms with Gasteiger partial charge in [-0.1, -0.05) is 13.3 Å². The van der Waals surface area contributed by atoms with E-state index >= 15 is 0 Å². The van der Waals surface area contributed by atoms with Crippen molar-refractivity contribution in [2.75, 3.05) is 24.2 Å². The average molecular weight is 320 g/mol. The first-order chi connectivity index (χ1) is 10.7. The largest absolute Gasteiger partial charge is 0.395 e. The number of benzene rings is 1. The number of amides is 2. The van der Waals surface area contributed by atoms with Crippen LogP contribution in [0.15, 0.2) is 40.9 Å². The molecule has 2 rings (SSSR count). The number of carbonyl (C=O) groups excluding carboxylic acids is 2. The van der Waals surface area contributed by atoms with E-state index in [1.807, 2.05) is 24.3 Å². The summed E-state index contributed by atoms with van der Waals surface area (Å²) in [4.78, 5) is 25.9. The molecule has 0 aliphatic carbocycles. The topological polar surface area (TPSA) is 69.6 Å². The lowest BCUT2D eigenvalue weighted by Gasteiger charge is -2.13. The molecule has 2 N–H and O–H groups in total. The minimum absolute atomic E-state index is 0.0202. The molecule has 0 radical (unpaired) electrons. The standard InChI is InChI=1S/C16H20N2O3S/c1-2-3-10-22-13-6-4-12(5-7-13)17-14-11-15(20)18(8-9-19)16(14)21/h4-7,11,17,19H,2-3,8-10H2,1H3. The van der Waals surface area contributed by atoms with Crippen molar-refractivity contribution in [3.05, 3.63) is 36.0 Å². The van der Waals surface area contributed by atoms with Crippen LogP contribution in [0.5, 0.6) is 0 Å². The highest BCUT2D eigenvalue weighted by Gasteiger charge is 2.30. The van der Waals surface area contributed by atoms with Gasteiger partial charge < -0.3 is 10.4 Å². The van der Waals surface area contributed by atoms with E-state index in [0.29, 0.717) is 0 Å². The molecule has 1 heterocycles. The second-order valence-electron chi connectivity index (χ2n) is 4.93. The maximum atomic E-state index is 12.0. The second kappa shape index (κ2) is 8.00. The minimum Gasteiger partial charge on any atom is -0.395 e. The summed E-state index contributed by atoms with van der Waals surface area (Å²) in [6.45, 7) is 1.95. The predicted octanol–water partition coefficient (Wildman–Crippen LogP) is 2.24. The number of carbonyl (C=O) groups is 2. The van der Waals surface area contributed by atoms with Crippen LogP contribution in [0.2, 0.25) is 0 Å². The molecule has 5 nitrogen and oxygen atoms in total. The van der Waals surface area contributed by atoms with Gasteiger partial charge in [-0.2, -0.15) is 0 Å². The van der Waals surface area contributed by atoms with E-state index in [2.05, 4.69) is 12.2 Å². The van der Waals surface area contributed by atoms with Gasteiger partial charge in [-0.05, 0) is 36.4 Å². The molecule has 0 spiro atoms. The van der Waals surface area contributed by atoms with Gasteiger partial charge in [0.1, 0.15) is 5.70 Å². The lowest BCUT2D eigenvalue weighted by molar-refractivity contribution is -0.137. The Morgan fingerprint density at radius 2 is 1.95 bits per heavy atom. The monoisotopic (exact) mass is 320 g/mol. The summed E-state index contributed by atoms with van der Waals surface area (Å²) < 4.78 is 0. The Morgan fingerprint density at radius 1 is 1.23 bits per heavy atom. The number of imide groups is 1. The Balaban J connectivity index is 1.95. The van der Waals surface area contributed by atoms with E-state index in [0.717, 1.165) is 16.3 Å². The first kappa shape index (κ1) is 16.6. The van der Waals surface area contributed by atoms with Crippen LogP contribution in [-0.2, 0) is 9.59 Å². The Kier molecular flexibility index (Phi) is 6.03. The van der Waals surface area contributed by atoms with Crippen molar-refractivity contribution in [2.45, 2.75) is 24.7 Å². The molecular formula is C16H20N2O3S. The van der Waals surface area contributed by atoms with Crippen LogP contribution in [0.1, 0.15) is 19.8 Å². The summed E-state index contributed by atoms with van der Waals surface area (Å²) >= 11 is 1.80. The first-order valence-corrected chi connectivity index (χ1v) is 8.32. The minimum atomic E-state index is -0.402. The summed E-state index contributed by atoms with van der Waals surface area (Å²) in [6.07, 6.45) is 3.64.